The second-order valence-corrected chi connectivity index (χ2v) is 9.44. The van der Waals surface area contributed by atoms with Crippen LogP contribution in [0.15, 0.2) is 36.4 Å². The predicted octanol–water partition coefficient (Wildman–Crippen LogP) is 2.99. The lowest BCUT2D eigenvalue weighted by molar-refractivity contribution is -0.385. The number of hydrogen-bond acceptors (Lipinski definition) is 6. The second-order valence-electron chi connectivity index (χ2n) is 9.01. The Morgan fingerprint density at radius 3 is 2.73 bits per heavy atom. The van der Waals surface area contributed by atoms with Crippen molar-refractivity contribution in [2.45, 2.75) is 31.3 Å². The van der Waals surface area contributed by atoms with Crippen molar-refractivity contribution in [1.29, 1.82) is 0 Å². The van der Waals surface area contributed by atoms with E-state index >= 15 is 0 Å². The summed E-state index contributed by atoms with van der Waals surface area (Å²) in [5, 5.41) is 14.8. The maximum atomic E-state index is 14.0. The lowest BCUT2D eigenvalue weighted by Gasteiger charge is -2.36. The number of imide groups is 1. The number of nitrogens with zero attached hydrogens (tertiary/aromatic N) is 3. The molecule has 4 aliphatic rings. The van der Waals surface area contributed by atoms with Crippen LogP contribution in [0.4, 0.5) is 17.1 Å². The number of fused-ring (bicyclic) bond motifs is 7. The molecule has 0 aromatic heterocycles. The van der Waals surface area contributed by atoms with E-state index in [4.69, 9.17) is 11.6 Å². The van der Waals surface area contributed by atoms with Gasteiger partial charge in [0.05, 0.1) is 28.0 Å². The Morgan fingerprint density at radius 2 is 1.97 bits per heavy atom. The molecular weight excluding hydrogens is 448 g/mol. The molecule has 0 radical (unpaired) electrons. The zero-order valence-corrected chi connectivity index (χ0v) is 18.3. The summed E-state index contributed by atoms with van der Waals surface area (Å²) in [4.78, 5) is 55.3. The van der Waals surface area contributed by atoms with E-state index in [1.165, 1.54) is 25.1 Å². The van der Waals surface area contributed by atoms with Crippen LogP contribution in [-0.4, -0.2) is 40.1 Å². The van der Waals surface area contributed by atoms with Gasteiger partial charge in [-0.05, 0) is 50.6 Å². The highest BCUT2D eigenvalue weighted by atomic mass is 35.5. The van der Waals surface area contributed by atoms with Crippen molar-refractivity contribution in [3.05, 3.63) is 62.7 Å². The molecule has 10 heteroatoms. The molecule has 3 saturated heterocycles. The highest BCUT2D eigenvalue weighted by Gasteiger charge is 2.74. The van der Waals surface area contributed by atoms with E-state index in [9.17, 15) is 24.5 Å². The quantitative estimate of drug-likeness (QED) is 0.413. The Hall–Kier alpha value is -3.30. The molecular formula is C23H19ClN4O5. The minimum Gasteiger partial charge on any atom is -0.324 e. The first-order valence-corrected chi connectivity index (χ1v) is 11.2. The first-order valence-electron chi connectivity index (χ1n) is 10.8. The third-order valence-electron chi connectivity index (χ3n) is 7.67. The Labute approximate surface area is 193 Å². The van der Waals surface area contributed by atoms with Crippen molar-refractivity contribution in [2.24, 2.45) is 11.8 Å². The first-order chi connectivity index (χ1) is 15.8. The molecule has 1 spiro atoms. The Morgan fingerprint density at radius 1 is 1.18 bits per heavy atom. The van der Waals surface area contributed by atoms with Crippen LogP contribution in [0.25, 0.3) is 0 Å². The third kappa shape index (κ3) is 2.33. The number of carbonyl (C=O) groups excluding carboxylic acids is 3. The van der Waals surface area contributed by atoms with E-state index in [1.807, 2.05) is 4.90 Å². The molecule has 2 aromatic rings. The fourth-order valence-electron chi connectivity index (χ4n) is 6.46. The molecule has 33 heavy (non-hydrogen) atoms. The van der Waals surface area contributed by atoms with Gasteiger partial charge in [-0.1, -0.05) is 17.7 Å². The van der Waals surface area contributed by atoms with Gasteiger partial charge in [0.2, 0.25) is 17.7 Å². The lowest BCUT2D eigenvalue weighted by atomic mass is 9.75. The van der Waals surface area contributed by atoms with Gasteiger partial charge in [0.15, 0.2) is 0 Å². The van der Waals surface area contributed by atoms with Crippen LogP contribution >= 0.6 is 11.6 Å². The topological polar surface area (TPSA) is 113 Å². The van der Waals surface area contributed by atoms with E-state index in [0.717, 1.165) is 11.3 Å². The van der Waals surface area contributed by atoms with Crippen molar-refractivity contribution in [1.82, 2.24) is 4.90 Å². The summed E-state index contributed by atoms with van der Waals surface area (Å²) in [6, 6.07) is 9.16. The number of anilines is 2. The molecule has 6 rings (SSSR count). The van der Waals surface area contributed by atoms with Crippen LogP contribution in [0, 0.1) is 28.9 Å². The van der Waals surface area contributed by atoms with Gasteiger partial charge >= 0.3 is 0 Å². The fourth-order valence-corrected chi connectivity index (χ4v) is 6.64. The molecule has 0 unspecified atom stereocenters. The number of hydrogen-bond donors (Lipinski definition) is 1. The molecule has 1 N–H and O–H groups in total. The zero-order chi connectivity index (χ0) is 23.2. The average molecular weight is 467 g/mol. The number of nitro benzene ring substituents is 1. The van der Waals surface area contributed by atoms with E-state index in [2.05, 4.69) is 5.32 Å². The zero-order valence-electron chi connectivity index (χ0n) is 17.6. The van der Waals surface area contributed by atoms with Crippen LogP contribution in [-0.2, 0) is 19.9 Å². The summed E-state index contributed by atoms with van der Waals surface area (Å²) in [6.45, 7) is 2.12. The molecule has 168 valence electrons. The number of halogens is 1. The highest BCUT2D eigenvalue weighted by molar-refractivity contribution is 6.31. The highest BCUT2D eigenvalue weighted by Crippen LogP contribution is 2.61. The minimum absolute atomic E-state index is 0.168. The number of amides is 3. The maximum absolute atomic E-state index is 14.0. The third-order valence-corrected chi connectivity index (χ3v) is 7.90. The van der Waals surface area contributed by atoms with Gasteiger partial charge in [-0.15, -0.1) is 0 Å². The van der Waals surface area contributed by atoms with E-state index in [0.29, 0.717) is 29.2 Å². The summed E-state index contributed by atoms with van der Waals surface area (Å²) in [6.07, 6.45) is 1.49. The monoisotopic (exact) mass is 466 g/mol. The number of nitro groups is 1. The van der Waals surface area contributed by atoms with Crippen LogP contribution in [0.1, 0.15) is 24.0 Å². The van der Waals surface area contributed by atoms with Crippen LogP contribution < -0.4 is 10.2 Å². The standard InChI is InChI=1S/C23H19ClN4O5/c1-11-15(4-2-5-16(11)28(32)33)27-20(29)18-17-6-3-9-26(17)23(19(18)21(27)30)13-10-12(24)7-8-14(13)25-22(23)31/h2,4-5,7-8,10,17-19H,3,6,9H2,1H3,(H,25,31)/t17-,18-,19+,23-/m1/s1. The summed E-state index contributed by atoms with van der Waals surface area (Å²) in [7, 11) is 0. The van der Waals surface area contributed by atoms with Gasteiger partial charge < -0.3 is 5.32 Å². The smallest absolute Gasteiger partial charge is 0.274 e. The number of benzene rings is 2. The SMILES string of the molecule is Cc1c(N2C(=O)[C@@H]3[C@H]4CCCN4[C@@]4(C(=O)Nc5ccc(Cl)cc54)[C@@H]3C2=O)cccc1[N+](=O)[O-]. The van der Waals surface area contributed by atoms with Crippen molar-refractivity contribution in [2.75, 3.05) is 16.8 Å². The van der Waals surface area contributed by atoms with Crippen molar-refractivity contribution in [3.63, 3.8) is 0 Å². The molecule has 0 saturated carbocycles. The van der Waals surface area contributed by atoms with Crippen molar-refractivity contribution < 1.29 is 19.3 Å². The van der Waals surface area contributed by atoms with Crippen molar-refractivity contribution >= 4 is 46.4 Å². The average Bonchev–Trinajstić information content (AvgIpc) is 3.47. The van der Waals surface area contributed by atoms with Crippen molar-refractivity contribution in [3.8, 4) is 0 Å². The minimum atomic E-state index is -1.33. The summed E-state index contributed by atoms with van der Waals surface area (Å²) in [5.74, 6) is -2.91. The van der Waals surface area contributed by atoms with Crippen LogP contribution in [0.5, 0.6) is 0 Å². The van der Waals surface area contributed by atoms with Gasteiger partial charge in [0.1, 0.15) is 5.54 Å². The largest absolute Gasteiger partial charge is 0.324 e. The molecule has 4 aliphatic heterocycles. The van der Waals surface area contributed by atoms with Crippen LogP contribution in [0.3, 0.4) is 0 Å². The van der Waals surface area contributed by atoms with E-state index < -0.39 is 34.1 Å². The summed E-state index contributed by atoms with van der Waals surface area (Å²) < 4.78 is 0. The number of rotatable bonds is 2. The Bertz CT molecular complexity index is 1300. The molecule has 0 bridgehead atoms. The normalized spacial score (nSPS) is 30.1. The molecule has 0 aliphatic carbocycles. The molecule has 2 aromatic carbocycles. The van der Waals surface area contributed by atoms with Gasteiger partial charge in [-0.25, -0.2) is 4.90 Å². The van der Waals surface area contributed by atoms with Gasteiger partial charge in [-0.3, -0.25) is 29.4 Å². The molecule has 4 atom stereocenters. The second kappa shape index (κ2) is 6.61. The van der Waals surface area contributed by atoms with Gasteiger partial charge in [0, 0.05) is 28.4 Å². The lowest BCUT2D eigenvalue weighted by Crippen LogP contribution is -2.54. The predicted molar refractivity (Wildman–Crippen MR) is 119 cm³/mol. The summed E-state index contributed by atoms with van der Waals surface area (Å²) >= 11 is 6.29. The number of carbonyl (C=O) groups is 3. The molecule has 4 heterocycles. The molecule has 9 nitrogen and oxygen atoms in total. The maximum Gasteiger partial charge on any atom is 0.274 e. The summed E-state index contributed by atoms with van der Waals surface area (Å²) in [5.41, 5.74) is 0.123. The van der Waals surface area contributed by atoms with E-state index in [-0.39, 0.29) is 28.9 Å². The number of nitrogens with one attached hydrogen (secondary N) is 1. The molecule has 3 fully saturated rings. The van der Waals surface area contributed by atoms with E-state index in [1.54, 1.807) is 18.2 Å². The first kappa shape index (κ1) is 20.3. The van der Waals surface area contributed by atoms with Crippen LogP contribution in [0.2, 0.25) is 5.02 Å². The Balaban J connectivity index is 1.56. The van der Waals surface area contributed by atoms with Gasteiger partial charge in [0.25, 0.3) is 5.69 Å². The fraction of sp³-hybridized carbons (Fsp3) is 0.348. The molecule has 3 amide bonds. The Kier molecular flexibility index (Phi) is 4.07. The van der Waals surface area contributed by atoms with Gasteiger partial charge in [-0.2, -0.15) is 0 Å².